The second-order valence-electron chi connectivity index (χ2n) is 5.71. The van der Waals surface area contributed by atoms with Gasteiger partial charge in [0, 0.05) is 5.39 Å². The first-order valence-electron chi connectivity index (χ1n) is 7.79. The van der Waals surface area contributed by atoms with Crippen LogP contribution in [0.5, 0.6) is 11.5 Å². The van der Waals surface area contributed by atoms with E-state index in [0.29, 0.717) is 17.2 Å². The van der Waals surface area contributed by atoms with E-state index in [1.54, 1.807) is 12.3 Å². The summed E-state index contributed by atoms with van der Waals surface area (Å²) in [4.78, 5) is 16.9. The van der Waals surface area contributed by atoms with Gasteiger partial charge < -0.3 is 14.8 Å². The van der Waals surface area contributed by atoms with Gasteiger partial charge in [0.25, 0.3) is 5.91 Å². The molecule has 5 nitrogen and oxygen atoms in total. The number of amides is 1. The number of para-hydroxylation sites is 3. The molecule has 2 unspecified atom stereocenters. The van der Waals surface area contributed by atoms with Gasteiger partial charge in [0.05, 0.1) is 17.4 Å². The minimum atomic E-state index is -0.716. The molecule has 0 radical (unpaired) electrons. The van der Waals surface area contributed by atoms with Gasteiger partial charge >= 0.3 is 0 Å². The Hall–Kier alpha value is -3.08. The van der Waals surface area contributed by atoms with Crippen LogP contribution in [0.25, 0.3) is 10.9 Å². The lowest BCUT2D eigenvalue weighted by Gasteiger charge is -2.30. The molecule has 0 spiro atoms. The first kappa shape index (κ1) is 14.5. The molecule has 5 heteroatoms. The Morgan fingerprint density at radius 3 is 2.58 bits per heavy atom. The molecule has 4 rings (SSSR count). The van der Waals surface area contributed by atoms with Crippen LogP contribution in [0.15, 0.2) is 60.8 Å². The maximum absolute atomic E-state index is 12.6. The predicted octanol–water partition coefficient (Wildman–Crippen LogP) is 3.40. The number of fused-ring (bicyclic) bond motifs is 2. The summed E-state index contributed by atoms with van der Waals surface area (Å²) in [6, 6.07) is 17.0. The molecule has 2 heterocycles. The van der Waals surface area contributed by atoms with Crippen LogP contribution in [0.1, 0.15) is 6.92 Å². The number of rotatable bonds is 2. The summed E-state index contributed by atoms with van der Waals surface area (Å²) in [6.07, 6.45) is 0.544. The molecule has 0 fully saturated rings. The van der Waals surface area contributed by atoms with E-state index < -0.39 is 6.10 Å². The number of nitrogens with zero attached hydrogens (tertiary/aromatic N) is 1. The van der Waals surface area contributed by atoms with Crippen molar-refractivity contribution in [2.24, 2.45) is 0 Å². The number of benzene rings is 2. The maximum Gasteiger partial charge on any atom is 0.269 e. The Morgan fingerprint density at radius 2 is 1.75 bits per heavy atom. The molecular formula is C19H16N2O3. The van der Waals surface area contributed by atoms with Crippen molar-refractivity contribution in [1.82, 2.24) is 4.98 Å². The van der Waals surface area contributed by atoms with Crippen LogP contribution < -0.4 is 14.8 Å². The van der Waals surface area contributed by atoms with E-state index in [2.05, 4.69) is 10.3 Å². The smallest absolute Gasteiger partial charge is 0.269 e. The van der Waals surface area contributed by atoms with Crippen molar-refractivity contribution in [1.29, 1.82) is 0 Å². The summed E-state index contributed by atoms with van der Waals surface area (Å²) >= 11 is 0. The molecule has 1 aliphatic heterocycles. The second kappa shape index (κ2) is 5.85. The van der Waals surface area contributed by atoms with Crippen molar-refractivity contribution in [3.8, 4) is 11.5 Å². The van der Waals surface area contributed by atoms with Gasteiger partial charge in [-0.3, -0.25) is 9.78 Å². The Bertz CT molecular complexity index is 910. The van der Waals surface area contributed by atoms with E-state index in [1.165, 1.54) is 0 Å². The van der Waals surface area contributed by atoms with Crippen molar-refractivity contribution < 1.29 is 14.3 Å². The highest BCUT2D eigenvalue weighted by atomic mass is 16.6. The number of carbonyl (C=O) groups excluding carboxylic acids is 1. The highest BCUT2D eigenvalue weighted by Crippen LogP contribution is 2.33. The molecule has 120 valence electrons. The molecule has 2 aromatic carbocycles. The molecular weight excluding hydrogens is 304 g/mol. The Balaban J connectivity index is 1.55. The van der Waals surface area contributed by atoms with Gasteiger partial charge in [-0.05, 0) is 31.2 Å². The monoisotopic (exact) mass is 320 g/mol. The lowest BCUT2D eigenvalue weighted by Crippen LogP contribution is -2.46. The van der Waals surface area contributed by atoms with Crippen LogP contribution in [-0.2, 0) is 4.79 Å². The molecule has 0 bridgehead atoms. The third kappa shape index (κ3) is 2.65. The van der Waals surface area contributed by atoms with Crippen LogP contribution >= 0.6 is 0 Å². The summed E-state index contributed by atoms with van der Waals surface area (Å²) < 4.78 is 11.6. The normalized spacial score (nSPS) is 19.0. The lowest BCUT2D eigenvalue weighted by molar-refractivity contribution is -0.128. The zero-order valence-corrected chi connectivity index (χ0v) is 13.1. The molecule has 1 aromatic heterocycles. The minimum Gasteiger partial charge on any atom is -0.482 e. The topological polar surface area (TPSA) is 60.5 Å². The maximum atomic E-state index is 12.6. The van der Waals surface area contributed by atoms with E-state index in [0.717, 1.165) is 10.9 Å². The average Bonchev–Trinajstić information content (AvgIpc) is 2.61. The zero-order chi connectivity index (χ0) is 16.5. The number of hydrogen-bond donors (Lipinski definition) is 1. The Morgan fingerprint density at radius 1 is 1.04 bits per heavy atom. The summed E-state index contributed by atoms with van der Waals surface area (Å²) in [7, 11) is 0. The molecule has 2 atom stereocenters. The fourth-order valence-corrected chi connectivity index (χ4v) is 2.76. The molecule has 24 heavy (non-hydrogen) atoms. The zero-order valence-electron chi connectivity index (χ0n) is 13.1. The van der Waals surface area contributed by atoms with E-state index in [9.17, 15) is 4.79 Å². The van der Waals surface area contributed by atoms with E-state index in [4.69, 9.17) is 9.47 Å². The van der Waals surface area contributed by atoms with Crippen molar-refractivity contribution in [2.75, 3.05) is 5.32 Å². The number of nitrogens with one attached hydrogen (secondary N) is 1. The van der Waals surface area contributed by atoms with E-state index in [-0.39, 0.29) is 12.0 Å². The summed E-state index contributed by atoms with van der Waals surface area (Å²) in [5.41, 5.74) is 1.52. The highest BCUT2D eigenvalue weighted by Gasteiger charge is 2.34. The fraction of sp³-hybridized carbons (Fsp3) is 0.158. The second-order valence-corrected chi connectivity index (χ2v) is 5.71. The number of anilines is 1. The quantitative estimate of drug-likeness (QED) is 0.786. The van der Waals surface area contributed by atoms with Crippen LogP contribution in [0.2, 0.25) is 0 Å². The number of pyridine rings is 1. The summed E-state index contributed by atoms with van der Waals surface area (Å²) in [5, 5.41) is 3.83. The number of carbonyl (C=O) groups is 1. The first-order chi connectivity index (χ1) is 11.7. The van der Waals surface area contributed by atoms with Crippen LogP contribution in [-0.4, -0.2) is 23.1 Å². The van der Waals surface area contributed by atoms with Crippen LogP contribution in [0.3, 0.4) is 0 Å². The molecule has 3 aromatic rings. The van der Waals surface area contributed by atoms with E-state index >= 15 is 0 Å². The van der Waals surface area contributed by atoms with Gasteiger partial charge in [-0.2, -0.15) is 0 Å². The first-order valence-corrected chi connectivity index (χ1v) is 7.79. The molecule has 0 saturated heterocycles. The standard InChI is InChI=1S/C19H16N2O3/c1-12-18(24-17-9-5-4-8-16(17)23-12)19(22)21-14-10-13-6-2-3-7-15(13)20-11-14/h2-12,18H,1H3,(H,21,22). The van der Waals surface area contributed by atoms with Crippen molar-refractivity contribution >= 4 is 22.5 Å². The van der Waals surface area contributed by atoms with Gasteiger partial charge in [-0.15, -0.1) is 0 Å². The molecule has 1 amide bonds. The third-order valence-electron chi connectivity index (χ3n) is 3.96. The predicted molar refractivity (Wildman–Crippen MR) is 91.3 cm³/mol. The van der Waals surface area contributed by atoms with Gasteiger partial charge in [-0.25, -0.2) is 0 Å². The Labute approximate surface area is 139 Å². The van der Waals surface area contributed by atoms with Gasteiger partial charge in [0.1, 0.15) is 6.10 Å². The lowest BCUT2D eigenvalue weighted by atomic mass is 10.1. The molecule has 0 aliphatic carbocycles. The van der Waals surface area contributed by atoms with Gasteiger partial charge in [0.15, 0.2) is 11.5 Å². The number of aromatic nitrogens is 1. The average molecular weight is 320 g/mol. The fourth-order valence-electron chi connectivity index (χ4n) is 2.76. The van der Waals surface area contributed by atoms with Gasteiger partial charge in [-0.1, -0.05) is 30.3 Å². The third-order valence-corrected chi connectivity index (χ3v) is 3.96. The van der Waals surface area contributed by atoms with E-state index in [1.807, 2.05) is 55.5 Å². The van der Waals surface area contributed by atoms with Crippen molar-refractivity contribution in [3.63, 3.8) is 0 Å². The number of ether oxygens (including phenoxy) is 2. The highest BCUT2D eigenvalue weighted by molar-refractivity contribution is 5.96. The van der Waals surface area contributed by atoms with Crippen LogP contribution in [0.4, 0.5) is 5.69 Å². The molecule has 1 aliphatic rings. The summed E-state index contributed by atoms with van der Waals surface area (Å²) in [6.45, 7) is 1.82. The largest absolute Gasteiger partial charge is 0.482 e. The minimum absolute atomic E-state index is 0.255. The van der Waals surface area contributed by atoms with Crippen molar-refractivity contribution in [2.45, 2.75) is 19.1 Å². The SMILES string of the molecule is CC1Oc2ccccc2OC1C(=O)Nc1cnc2ccccc2c1. The van der Waals surface area contributed by atoms with Crippen molar-refractivity contribution in [3.05, 3.63) is 60.8 Å². The summed E-state index contributed by atoms with van der Waals surface area (Å²) in [5.74, 6) is 0.975. The molecule has 1 N–H and O–H groups in total. The molecule has 0 saturated carbocycles. The van der Waals surface area contributed by atoms with Gasteiger partial charge in [0.2, 0.25) is 6.10 Å². The number of hydrogen-bond acceptors (Lipinski definition) is 4. The van der Waals surface area contributed by atoms with Crippen LogP contribution in [0, 0.1) is 0 Å². The Kier molecular flexibility index (Phi) is 3.54.